The highest BCUT2D eigenvalue weighted by atomic mass is 16.8. The molecule has 0 aromatic heterocycles. The van der Waals surface area contributed by atoms with Crippen molar-refractivity contribution < 1.29 is 38.2 Å². The third-order valence-electron chi connectivity index (χ3n) is 5.38. The smallest absolute Gasteiger partial charge is 0.421 e. The van der Waals surface area contributed by atoms with Crippen LogP contribution in [0.25, 0.3) is 0 Å². The summed E-state index contributed by atoms with van der Waals surface area (Å²) in [6.07, 6.45) is 0.561. The van der Waals surface area contributed by atoms with Crippen molar-refractivity contribution in [2.24, 2.45) is 0 Å². The number of hydrogen-bond acceptors (Lipinski definition) is 9. The first-order valence-electron chi connectivity index (χ1n) is 11.0. The molecule has 1 amide bonds. The summed E-state index contributed by atoms with van der Waals surface area (Å²) >= 11 is 0. The molecule has 2 aliphatic heterocycles. The van der Waals surface area contributed by atoms with E-state index in [9.17, 15) is 19.2 Å². The van der Waals surface area contributed by atoms with E-state index in [-0.39, 0.29) is 18.8 Å². The number of benzene rings is 1. The highest BCUT2D eigenvalue weighted by Crippen LogP contribution is 2.42. The summed E-state index contributed by atoms with van der Waals surface area (Å²) in [7, 11) is 1.50. The SMILES string of the molecule is CCCC(=O)ON(C(CC)Oc1cccc2c1CC1(OC(=O)C(=O)O1)C(=O)N2C)C(C)(C)C. The Kier molecular flexibility index (Phi) is 6.69. The van der Waals surface area contributed by atoms with Crippen LogP contribution in [0.4, 0.5) is 5.69 Å². The Balaban J connectivity index is 1.96. The van der Waals surface area contributed by atoms with Crippen LogP contribution in [0.3, 0.4) is 0 Å². The number of ether oxygens (including phenoxy) is 3. The zero-order valence-electron chi connectivity index (χ0n) is 19.8. The first-order chi connectivity index (χ1) is 15.4. The molecule has 2 aliphatic rings. The van der Waals surface area contributed by atoms with Crippen molar-refractivity contribution in [1.29, 1.82) is 0 Å². The molecule has 1 atom stereocenters. The molecule has 1 aromatic carbocycles. The van der Waals surface area contributed by atoms with Gasteiger partial charge in [-0.05, 0) is 45.7 Å². The van der Waals surface area contributed by atoms with E-state index in [1.807, 2.05) is 34.6 Å². The van der Waals surface area contributed by atoms with E-state index < -0.39 is 35.4 Å². The number of likely N-dealkylation sites (N-methyl/N-ethyl adjacent to an activating group) is 1. The minimum Gasteiger partial charge on any atom is -0.472 e. The van der Waals surface area contributed by atoms with E-state index >= 15 is 0 Å². The van der Waals surface area contributed by atoms with Crippen molar-refractivity contribution >= 4 is 29.5 Å². The monoisotopic (exact) mass is 462 g/mol. The van der Waals surface area contributed by atoms with Crippen LogP contribution in [0.2, 0.25) is 0 Å². The fourth-order valence-corrected chi connectivity index (χ4v) is 3.82. The van der Waals surface area contributed by atoms with E-state index in [1.54, 1.807) is 18.2 Å². The molecule has 0 aliphatic carbocycles. The summed E-state index contributed by atoms with van der Waals surface area (Å²) in [6.45, 7) is 9.49. The number of carbonyl (C=O) groups is 4. The summed E-state index contributed by atoms with van der Waals surface area (Å²) in [5.74, 6) is -5.13. The molecule has 1 unspecified atom stereocenters. The van der Waals surface area contributed by atoms with Gasteiger partial charge in [-0.25, -0.2) is 9.59 Å². The maximum Gasteiger partial charge on any atom is 0.421 e. The molecule has 10 heteroatoms. The molecule has 1 saturated heterocycles. The first-order valence-corrected chi connectivity index (χ1v) is 11.0. The van der Waals surface area contributed by atoms with Crippen LogP contribution in [-0.4, -0.2) is 53.5 Å². The highest BCUT2D eigenvalue weighted by Gasteiger charge is 2.59. The maximum atomic E-state index is 12.9. The highest BCUT2D eigenvalue weighted by molar-refractivity contribution is 6.32. The zero-order valence-corrected chi connectivity index (χ0v) is 19.8. The number of anilines is 1. The Morgan fingerprint density at radius 3 is 2.36 bits per heavy atom. The lowest BCUT2D eigenvalue weighted by Crippen LogP contribution is -2.54. The summed E-state index contributed by atoms with van der Waals surface area (Å²) in [6, 6.07) is 5.14. The van der Waals surface area contributed by atoms with Crippen molar-refractivity contribution in [1.82, 2.24) is 5.06 Å². The van der Waals surface area contributed by atoms with Crippen LogP contribution in [0, 0.1) is 0 Å². The Hall–Kier alpha value is -3.14. The van der Waals surface area contributed by atoms with Gasteiger partial charge in [0.15, 0.2) is 6.23 Å². The average Bonchev–Trinajstić information content (AvgIpc) is 3.02. The van der Waals surface area contributed by atoms with Crippen molar-refractivity contribution in [3.05, 3.63) is 23.8 Å². The standard InChI is InChI=1S/C23H30N2O8/c1-7-10-18(26)33-25(22(3,4)5)17(8-2)30-16-12-9-11-15-14(16)13-23(21(29)24(15)6)31-19(27)20(28)32-23/h9,11-12,17H,7-8,10,13H2,1-6H3. The number of esters is 2. The summed E-state index contributed by atoms with van der Waals surface area (Å²) < 4.78 is 16.4. The molecular formula is C23H30N2O8. The molecule has 180 valence electrons. The van der Waals surface area contributed by atoms with E-state index in [1.165, 1.54) is 17.0 Å². The van der Waals surface area contributed by atoms with Crippen LogP contribution in [0.1, 0.15) is 59.4 Å². The summed E-state index contributed by atoms with van der Waals surface area (Å²) in [5, 5.41) is 1.52. The predicted octanol–water partition coefficient (Wildman–Crippen LogP) is 2.48. The predicted molar refractivity (Wildman–Crippen MR) is 116 cm³/mol. The number of hydroxylamine groups is 2. The topological polar surface area (TPSA) is 112 Å². The van der Waals surface area contributed by atoms with Gasteiger partial charge in [0.1, 0.15) is 5.75 Å². The Morgan fingerprint density at radius 1 is 1.18 bits per heavy atom. The van der Waals surface area contributed by atoms with E-state index in [0.717, 1.165) is 0 Å². The van der Waals surface area contributed by atoms with Gasteiger partial charge in [0.05, 0.1) is 17.6 Å². The Labute approximate surface area is 192 Å². The molecule has 0 N–H and O–H groups in total. The van der Waals surface area contributed by atoms with Crippen molar-refractivity contribution in [2.45, 2.75) is 77.9 Å². The lowest BCUT2D eigenvalue weighted by molar-refractivity contribution is -0.260. The minimum absolute atomic E-state index is 0.194. The largest absolute Gasteiger partial charge is 0.472 e. The van der Waals surface area contributed by atoms with Crippen LogP contribution in [-0.2, 0) is 39.9 Å². The van der Waals surface area contributed by atoms with Crippen LogP contribution < -0.4 is 9.64 Å². The molecular weight excluding hydrogens is 432 g/mol. The Bertz CT molecular complexity index is 952. The molecule has 2 heterocycles. The van der Waals surface area contributed by atoms with Gasteiger partial charge in [0.2, 0.25) is 0 Å². The van der Waals surface area contributed by atoms with Crippen LogP contribution in [0.15, 0.2) is 18.2 Å². The van der Waals surface area contributed by atoms with Gasteiger partial charge in [-0.15, -0.1) is 0 Å². The fourth-order valence-electron chi connectivity index (χ4n) is 3.82. The molecule has 0 bridgehead atoms. The van der Waals surface area contributed by atoms with Gasteiger partial charge in [-0.2, -0.15) is 0 Å². The van der Waals surface area contributed by atoms with E-state index in [2.05, 4.69) is 0 Å². The Morgan fingerprint density at radius 2 is 1.82 bits per heavy atom. The summed E-state index contributed by atoms with van der Waals surface area (Å²) in [4.78, 5) is 55.5. The van der Waals surface area contributed by atoms with Crippen molar-refractivity contribution in [3.8, 4) is 5.75 Å². The lowest BCUT2D eigenvalue weighted by Gasteiger charge is -2.40. The van der Waals surface area contributed by atoms with Gasteiger partial charge in [-0.3, -0.25) is 9.59 Å². The van der Waals surface area contributed by atoms with Gasteiger partial charge in [0, 0.05) is 19.0 Å². The fraction of sp³-hybridized carbons (Fsp3) is 0.565. The van der Waals surface area contributed by atoms with Gasteiger partial charge in [0.25, 0.3) is 0 Å². The first kappa shape index (κ1) is 24.5. The van der Waals surface area contributed by atoms with Gasteiger partial charge in [-0.1, -0.05) is 25.0 Å². The quantitative estimate of drug-likeness (QED) is 0.261. The third kappa shape index (κ3) is 4.66. The van der Waals surface area contributed by atoms with Gasteiger partial charge < -0.3 is 23.9 Å². The number of hydrogen-bond donors (Lipinski definition) is 0. The zero-order chi connectivity index (χ0) is 24.6. The molecule has 3 rings (SSSR count). The second kappa shape index (κ2) is 9.01. The second-order valence-corrected chi connectivity index (χ2v) is 9.02. The molecule has 1 aromatic rings. The normalized spacial score (nSPS) is 18.2. The number of nitrogens with zero attached hydrogens (tertiary/aromatic N) is 2. The molecule has 33 heavy (non-hydrogen) atoms. The molecule has 0 radical (unpaired) electrons. The molecule has 0 saturated carbocycles. The number of carbonyl (C=O) groups excluding carboxylic acids is 4. The second-order valence-electron chi connectivity index (χ2n) is 9.02. The van der Waals surface area contributed by atoms with Crippen LogP contribution in [0.5, 0.6) is 5.75 Å². The van der Waals surface area contributed by atoms with Crippen LogP contribution >= 0.6 is 0 Å². The van der Waals surface area contributed by atoms with E-state index in [0.29, 0.717) is 29.8 Å². The molecule has 1 spiro atoms. The third-order valence-corrected chi connectivity index (χ3v) is 5.38. The average molecular weight is 462 g/mol. The number of rotatable bonds is 7. The molecule has 1 fully saturated rings. The lowest BCUT2D eigenvalue weighted by atomic mass is 9.95. The maximum absolute atomic E-state index is 12.9. The molecule has 10 nitrogen and oxygen atoms in total. The van der Waals surface area contributed by atoms with Crippen molar-refractivity contribution in [2.75, 3.05) is 11.9 Å². The number of fused-ring (bicyclic) bond motifs is 1. The van der Waals surface area contributed by atoms with E-state index in [4.69, 9.17) is 19.0 Å². The van der Waals surface area contributed by atoms with Gasteiger partial charge >= 0.3 is 29.6 Å². The minimum atomic E-state index is -2.06. The number of amides is 1. The van der Waals surface area contributed by atoms with Crippen molar-refractivity contribution in [3.63, 3.8) is 0 Å². The summed E-state index contributed by atoms with van der Waals surface area (Å²) in [5.41, 5.74) is 0.486.